The van der Waals surface area contributed by atoms with Crippen LogP contribution in [0.25, 0.3) is 0 Å². The van der Waals surface area contributed by atoms with Crippen LogP contribution in [0.4, 0.5) is 0 Å². The molecule has 0 saturated heterocycles. The molecule has 1 aromatic rings. The summed E-state index contributed by atoms with van der Waals surface area (Å²) < 4.78 is 23.7. The van der Waals surface area contributed by atoms with Crippen LogP contribution in [0.15, 0.2) is 18.3 Å². The van der Waals surface area contributed by atoms with Crippen LogP contribution in [0, 0.1) is 0 Å². The fraction of sp³-hybridized carbons (Fsp3) is 0.400. The fourth-order valence-corrected chi connectivity index (χ4v) is 1.87. The lowest BCUT2D eigenvalue weighted by molar-refractivity contribution is 0.0981. The van der Waals surface area contributed by atoms with E-state index in [-0.39, 0.29) is 0 Å². The Hall–Kier alpha value is -1.43. The first-order valence-electron chi connectivity index (χ1n) is 4.94. The van der Waals surface area contributed by atoms with E-state index in [1.807, 2.05) is 4.72 Å². The average Bonchev–Trinajstić information content (AvgIpc) is 2.98. The lowest BCUT2D eigenvalue weighted by Gasteiger charge is -2.03. The summed E-state index contributed by atoms with van der Waals surface area (Å²) in [5.74, 6) is -0.169. The summed E-state index contributed by atoms with van der Waals surface area (Å²) in [7, 11) is -3.51. The zero-order chi connectivity index (χ0) is 11.8. The predicted octanol–water partition coefficient (Wildman–Crippen LogP) is 0.648. The topological polar surface area (TPSA) is 76.1 Å². The summed E-state index contributed by atoms with van der Waals surface area (Å²) in [5.41, 5.74) is 1.20. The number of carbonyl (C=O) groups is 1. The third-order valence-electron chi connectivity index (χ3n) is 2.32. The zero-order valence-corrected chi connectivity index (χ0v) is 9.62. The molecule has 1 aliphatic rings. The first-order chi connectivity index (χ1) is 7.46. The van der Waals surface area contributed by atoms with Crippen LogP contribution < -0.4 is 4.72 Å². The molecular formula is C10H12N2O3S. The summed E-state index contributed by atoms with van der Waals surface area (Å²) in [6.45, 7) is 0. The molecule has 0 atom stereocenters. The van der Waals surface area contributed by atoms with Gasteiger partial charge in [0.05, 0.1) is 6.26 Å². The van der Waals surface area contributed by atoms with Gasteiger partial charge in [-0.3, -0.25) is 9.78 Å². The number of hydrogen-bond donors (Lipinski definition) is 1. The molecule has 86 valence electrons. The molecule has 1 fully saturated rings. The second-order valence-corrected chi connectivity index (χ2v) is 5.70. The molecule has 16 heavy (non-hydrogen) atoms. The smallest absolute Gasteiger partial charge is 0.264 e. The summed E-state index contributed by atoms with van der Waals surface area (Å²) in [6.07, 6.45) is 4.66. The minimum Gasteiger partial charge on any atom is -0.268 e. The Kier molecular flexibility index (Phi) is 2.67. The number of carbonyl (C=O) groups excluding carboxylic acids is 1. The van der Waals surface area contributed by atoms with Crippen molar-refractivity contribution in [1.29, 1.82) is 0 Å². The maximum Gasteiger partial charge on any atom is 0.264 e. The van der Waals surface area contributed by atoms with E-state index in [1.54, 1.807) is 6.07 Å². The summed E-state index contributed by atoms with van der Waals surface area (Å²) >= 11 is 0. The summed E-state index contributed by atoms with van der Waals surface area (Å²) in [4.78, 5) is 15.7. The van der Waals surface area contributed by atoms with Crippen LogP contribution in [0.2, 0.25) is 0 Å². The second kappa shape index (κ2) is 3.86. The Morgan fingerprint density at radius 2 is 2.19 bits per heavy atom. The average molecular weight is 240 g/mol. The van der Waals surface area contributed by atoms with Crippen LogP contribution in [0.5, 0.6) is 0 Å². The maximum absolute atomic E-state index is 11.5. The quantitative estimate of drug-likeness (QED) is 0.841. The van der Waals surface area contributed by atoms with Gasteiger partial charge in [0.15, 0.2) is 0 Å². The van der Waals surface area contributed by atoms with Gasteiger partial charge in [0.2, 0.25) is 10.0 Å². The van der Waals surface area contributed by atoms with Crippen molar-refractivity contribution in [3.63, 3.8) is 0 Å². The molecule has 0 bridgehead atoms. The van der Waals surface area contributed by atoms with Crippen molar-refractivity contribution in [3.8, 4) is 0 Å². The third-order valence-corrected chi connectivity index (χ3v) is 2.87. The number of rotatable bonds is 3. The fourth-order valence-electron chi connectivity index (χ4n) is 1.42. The summed E-state index contributed by atoms with van der Waals surface area (Å²) in [6, 6.07) is 3.16. The Morgan fingerprint density at radius 3 is 2.75 bits per heavy atom. The van der Waals surface area contributed by atoms with Gasteiger partial charge in [-0.1, -0.05) is 0 Å². The minimum absolute atomic E-state index is 0.335. The molecule has 0 radical (unpaired) electrons. The van der Waals surface area contributed by atoms with E-state index in [1.165, 1.54) is 12.3 Å². The number of nitrogens with zero attached hydrogens (tertiary/aromatic N) is 1. The van der Waals surface area contributed by atoms with Gasteiger partial charge in [-0.05, 0) is 25.0 Å². The van der Waals surface area contributed by atoms with Gasteiger partial charge in [0.25, 0.3) is 5.91 Å². The molecule has 1 aromatic heterocycles. The monoisotopic (exact) mass is 240 g/mol. The minimum atomic E-state index is -3.51. The van der Waals surface area contributed by atoms with Gasteiger partial charge >= 0.3 is 0 Å². The van der Waals surface area contributed by atoms with Crippen molar-refractivity contribution >= 4 is 15.9 Å². The van der Waals surface area contributed by atoms with Crippen LogP contribution in [-0.2, 0) is 10.0 Å². The normalized spacial score (nSPS) is 15.8. The van der Waals surface area contributed by atoms with Gasteiger partial charge in [-0.2, -0.15) is 0 Å². The lowest BCUT2D eigenvalue weighted by Crippen LogP contribution is -2.29. The molecule has 1 amide bonds. The van der Waals surface area contributed by atoms with E-state index in [0.29, 0.717) is 11.5 Å². The Morgan fingerprint density at radius 1 is 1.50 bits per heavy atom. The molecule has 1 aliphatic carbocycles. The van der Waals surface area contributed by atoms with Crippen molar-refractivity contribution in [1.82, 2.24) is 9.71 Å². The Labute approximate surface area is 93.9 Å². The molecule has 1 N–H and O–H groups in total. The van der Waals surface area contributed by atoms with Crippen molar-refractivity contribution in [3.05, 3.63) is 29.6 Å². The zero-order valence-electron chi connectivity index (χ0n) is 8.80. The Balaban J connectivity index is 2.19. The molecular weight excluding hydrogens is 228 g/mol. The molecule has 0 spiro atoms. The van der Waals surface area contributed by atoms with E-state index < -0.39 is 15.9 Å². The molecule has 2 rings (SSSR count). The van der Waals surface area contributed by atoms with E-state index >= 15 is 0 Å². The van der Waals surface area contributed by atoms with E-state index in [0.717, 1.165) is 24.8 Å². The first kappa shape index (κ1) is 11.1. The third kappa shape index (κ3) is 2.79. The highest BCUT2D eigenvalue weighted by atomic mass is 32.2. The second-order valence-electron chi connectivity index (χ2n) is 3.95. The van der Waals surface area contributed by atoms with E-state index in [2.05, 4.69) is 4.98 Å². The number of sulfonamides is 1. The molecule has 1 heterocycles. The van der Waals surface area contributed by atoms with Gasteiger partial charge in [-0.25, -0.2) is 13.1 Å². The van der Waals surface area contributed by atoms with Crippen LogP contribution >= 0.6 is 0 Å². The molecule has 5 nitrogen and oxygen atoms in total. The summed E-state index contributed by atoms with van der Waals surface area (Å²) in [5, 5.41) is 0. The van der Waals surface area contributed by atoms with Gasteiger partial charge in [-0.15, -0.1) is 0 Å². The van der Waals surface area contributed by atoms with E-state index in [9.17, 15) is 13.2 Å². The number of pyridine rings is 1. The largest absolute Gasteiger partial charge is 0.268 e. The van der Waals surface area contributed by atoms with Gasteiger partial charge < -0.3 is 0 Å². The Bertz CT molecular complexity index is 521. The highest BCUT2D eigenvalue weighted by Gasteiger charge is 2.25. The van der Waals surface area contributed by atoms with Crippen molar-refractivity contribution in [2.75, 3.05) is 6.26 Å². The number of hydrogen-bond acceptors (Lipinski definition) is 4. The van der Waals surface area contributed by atoms with Crippen molar-refractivity contribution < 1.29 is 13.2 Å². The number of amides is 1. The van der Waals surface area contributed by atoms with Crippen LogP contribution in [0.1, 0.15) is 34.8 Å². The molecule has 0 aliphatic heterocycles. The van der Waals surface area contributed by atoms with Crippen molar-refractivity contribution in [2.24, 2.45) is 0 Å². The maximum atomic E-state index is 11.5. The molecule has 0 unspecified atom stereocenters. The highest BCUT2D eigenvalue weighted by Crippen LogP contribution is 2.38. The van der Waals surface area contributed by atoms with Gasteiger partial charge in [0, 0.05) is 23.4 Å². The lowest BCUT2D eigenvalue weighted by atomic mass is 10.2. The van der Waals surface area contributed by atoms with Crippen LogP contribution in [0.3, 0.4) is 0 Å². The van der Waals surface area contributed by atoms with Gasteiger partial charge in [0.1, 0.15) is 0 Å². The number of nitrogens with one attached hydrogen (secondary N) is 1. The molecule has 0 aromatic carbocycles. The van der Waals surface area contributed by atoms with E-state index in [4.69, 9.17) is 0 Å². The number of aromatic nitrogens is 1. The molecule has 6 heteroatoms. The van der Waals surface area contributed by atoms with Crippen LogP contribution in [-0.4, -0.2) is 25.6 Å². The van der Waals surface area contributed by atoms with Crippen molar-refractivity contribution in [2.45, 2.75) is 18.8 Å². The highest BCUT2D eigenvalue weighted by molar-refractivity contribution is 7.89. The first-order valence-corrected chi connectivity index (χ1v) is 6.83. The molecule has 1 saturated carbocycles. The standard InChI is InChI=1S/C10H12N2O3S/c1-16(14,15)12-10(13)8-4-5-11-9(6-8)7-2-3-7/h4-7H,2-3H2,1H3,(H,12,13). The predicted molar refractivity (Wildman–Crippen MR) is 58.5 cm³/mol. The SMILES string of the molecule is CS(=O)(=O)NC(=O)c1ccnc(C2CC2)c1.